The molecule has 1 aliphatic rings. The molecule has 0 atom stereocenters. The number of hydrogen-bond acceptors (Lipinski definition) is 2. The molecule has 1 aliphatic heterocycles. The molecule has 1 heterocycles. The third kappa shape index (κ3) is 5.05. The predicted molar refractivity (Wildman–Crippen MR) is 87.7 cm³/mol. The highest BCUT2D eigenvalue weighted by Crippen LogP contribution is 2.16. The van der Waals surface area contributed by atoms with Gasteiger partial charge in [-0.3, -0.25) is 0 Å². The van der Waals surface area contributed by atoms with E-state index >= 15 is 0 Å². The summed E-state index contributed by atoms with van der Waals surface area (Å²) < 4.78 is 0. The molecule has 0 unspecified atom stereocenters. The largest absolute Gasteiger partial charge is 0.324 e. The minimum absolute atomic E-state index is 0.0287. The summed E-state index contributed by atoms with van der Waals surface area (Å²) in [6.45, 7) is 7.99. The van der Waals surface area contributed by atoms with Crippen LogP contribution >= 0.6 is 0 Å². The monoisotopic (exact) mass is 289 g/mol. The van der Waals surface area contributed by atoms with Gasteiger partial charge in [-0.15, -0.1) is 0 Å². The smallest absolute Gasteiger partial charge is 0.321 e. The van der Waals surface area contributed by atoms with Crippen molar-refractivity contribution in [3.05, 3.63) is 29.8 Å². The number of rotatable bonds is 5. The van der Waals surface area contributed by atoms with E-state index in [1.165, 1.54) is 0 Å². The Labute approximate surface area is 127 Å². The first-order chi connectivity index (χ1) is 10.2. The molecule has 2 amide bonds. The quantitative estimate of drug-likeness (QED) is 0.874. The maximum Gasteiger partial charge on any atom is 0.321 e. The van der Waals surface area contributed by atoms with Crippen LogP contribution in [0.15, 0.2) is 24.3 Å². The number of piperidine rings is 1. The van der Waals surface area contributed by atoms with Crippen molar-refractivity contribution in [1.82, 2.24) is 10.2 Å². The van der Waals surface area contributed by atoms with Crippen molar-refractivity contribution in [2.45, 2.75) is 33.1 Å². The zero-order valence-electron chi connectivity index (χ0n) is 13.2. The van der Waals surface area contributed by atoms with Gasteiger partial charge in [0.05, 0.1) is 0 Å². The molecule has 2 rings (SSSR count). The molecule has 1 aromatic carbocycles. The molecular formula is C17H27N3O. The average Bonchev–Trinajstić information content (AvgIpc) is 2.48. The third-order valence-electron chi connectivity index (χ3n) is 3.99. The van der Waals surface area contributed by atoms with E-state index in [2.05, 4.69) is 17.6 Å². The molecule has 0 radical (unpaired) electrons. The van der Waals surface area contributed by atoms with Crippen molar-refractivity contribution in [2.24, 2.45) is 5.92 Å². The zero-order valence-corrected chi connectivity index (χ0v) is 13.2. The molecule has 0 spiro atoms. The minimum atomic E-state index is 0.0287. The Morgan fingerprint density at radius 1 is 1.38 bits per heavy atom. The van der Waals surface area contributed by atoms with Crippen molar-refractivity contribution >= 4 is 11.7 Å². The molecule has 0 aliphatic carbocycles. The Bertz CT molecular complexity index is 455. The van der Waals surface area contributed by atoms with Gasteiger partial charge in [-0.25, -0.2) is 4.79 Å². The van der Waals surface area contributed by atoms with Gasteiger partial charge in [-0.2, -0.15) is 0 Å². The van der Waals surface area contributed by atoms with E-state index in [0.29, 0.717) is 5.92 Å². The van der Waals surface area contributed by atoms with Crippen LogP contribution in [0.2, 0.25) is 0 Å². The molecule has 116 valence electrons. The molecule has 1 aromatic rings. The van der Waals surface area contributed by atoms with Crippen LogP contribution in [0, 0.1) is 12.8 Å². The van der Waals surface area contributed by atoms with Gasteiger partial charge in [0.25, 0.3) is 0 Å². The summed E-state index contributed by atoms with van der Waals surface area (Å²) in [7, 11) is 0. The van der Waals surface area contributed by atoms with Crippen LogP contribution in [0.3, 0.4) is 0 Å². The molecule has 4 heteroatoms. The van der Waals surface area contributed by atoms with Crippen LogP contribution in [-0.4, -0.2) is 37.1 Å². The lowest BCUT2D eigenvalue weighted by atomic mass is 9.97. The Kier molecular flexibility index (Phi) is 6.05. The number of benzene rings is 1. The van der Waals surface area contributed by atoms with Crippen molar-refractivity contribution in [1.29, 1.82) is 0 Å². The van der Waals surface area contributed by atoms with Crippen LogP contribution in [-0.2, 0) is 0 Å². The van der Waals surface area contributed by atoms with E-state index in [-0.39, 0.29) is 6.03 Å². The van der Waals surface area contributed by atoms with Gasteiger partial charge in [-0.1, -0.05) is 19.1 Å². The van der Waals surface area contributed by atoms with Crippen LogP contribution < -0.4 is 10.6 Å². The maximum absolute atomic E-state index is 12.5. The summed E-state index contributed by atoms with van der Waals surface area (Å²) >= 11 is 0. The first-order valence-corrected chi connectivity index (χ1v) is 8.02. The molecule has 21 heavy (non-hydrogen) atoms. The van der Waals surface area contributed by atoms with Gasteiger partial charge in [-0.05, 0) is 62.9 Å². The van der Waals surface area contributed by atoms with Crippen LogP contribution in [0.5, 0.6) is 0 Å². The molecule has 1 fully saturated rings. The molecule has 0 saturated carbocycles. The summed E-state index contributed by atoms with van der Waals surface area (Å²) in [6, 6.07) is 7.99. The Morgan fingerprint density at radius 3 is 2.81 bits per heavy atom. The number of amides is 2. The summed E-state index contributed by atoms with van der Waals surface area (Å²) in [4.78, 5) is 14.5. The molecule has 0 bridgehead atoms. The Balaban J connectivity index is 1.94. The highest BCUT2D eigenvalue weighted by atomic mass is 16.2. The highest BCUT2D eigenvalue weighted by Gasteiger charge is 2.20. The van der Waals surface area contributed by atoms with E-state index in [9.17, 15) is 4.79 Å². The van der Waals surface area contributed by atoms with Crippen LogP contribution in [0.1, 0.15) is 31.7 Å². The number of carbonyl (C=O) groups excluding carboxylic acids is 1. The second-order valence-electron chi connectivity index (χ2n) is 5.94. The normalized spacial score (nSPS) is 15.7. The number of urea groups is 1. The fourth-order valence-corrected chi connectivity index (χ4v) is 2.85. The highest BCUT2D eigenvalue weighted by molar-refractivity contribution is 5.89. The number of carbonyl (C=O) groups is 1. The Hall–Kier alpha value is -1.55. The Morgan fingerprint density at radius 2 is 2.14 bits per heavy atom. The molecule has 0 aromatic heterocycles. The van der Waals surface area contributed by atoms with Gasteiger partial charge in [0.1, 0.15) is 0 Å². The van der Waals surface area contributed by atoms with Crippen LogP contribution in [0.25, 0.3) is 0 Å². The van der Waals surface area contributed by atoms with Crippen molar-refractivity contribution in [2.75, 3.05) is 31.5 Å². The maximum atomic E-state index is 12.5. The molecule has 1 saturated heterocycles. The van der Waals surface area contributed by atoms with Crippen molar-refractivity contribution in [3.8, 4) is 0 Å². The van der Waals surface area contributed by atoms with Gasteiger partial charge in [0, 0.05) is 18.8 Å². The summed E-state index contributed by atoms with van der Waals surface area (Å²) in [5, 5.41) is 6.40. The molecular weight excluding hydrogens is 262 g/mol. The zero-order chi connectivity index (χ0) is 15.1. The van der Waals surface area contributed by atoms with Gasteiger partial charge in [0.2, 0.25) is 0 Å². The van der Waals surface area contributed by atoms with Crippen LogP contribution in [0.4, 0.5) is 10.5 Å². The fourth-order valence-electron chi connectivity index (χ4n) is 2.85. The van der Waals surface area contributed by atoms with Crippen molar-refractivity contribution < 1.29 is 4.79 Å². The minimum Gasteiger partial charge on any atom is -0.324 e. The lowest BCUT2D eigenvalue weighted by molar-refractivity contribution is 0.192. The first-order valence-electron chi connectivity index (χ1n) is 8.02. The lowest BCUT2D eigenvalue weighted by Crippen LogP contribution is -2.41. The van der Waals surface area contributed by atoms with E-state index in [0.717, 1.165) is 56.7 Å². The molecule has 4 nitrogen and oxygen atoms in total. The number of aryl methyl sites for hydroxylation is 1. The van der Waals surface area contributed by atoms with Gasteiger partial charge < -0.3 is 15.5 Å². The number of anilines is 1. The van der Waals surface area contributed by atoms with E-state index < -0.39 is 0 Å². The van der Waals surface area contributed by atoms with E-state index in [1.807, 2.05) is 36.1 Å². The summed E-state index contributed by atoms with van der Waals surface area (Å²) in [5.74, 6) is 0.626. The van der Waals surface area contributed by atoms with Crippen molar-refractivity contribution in [3.63, 3.8) is 0 Å². The van der Waals surface area contributed by atoms with E-state index in [4.69, 9.17) is 0 Å². The average molecular weight is 289 g/mol. The first kappa shape index (κ1) is 15.8. The molecule has 2 N–H and O–H groups in total. The van der Waals surface area contributed by atoms with Gasteiger partial charge in [0.15, 0.2) is 0 Å². The lowest BCUT2D eigenvalue weighted by Gasteiger charge is -2.30. The summed E-state index contributed by atoms with van der Waals surface area (Å²) in [5.41, 5.74) is 2.04. The van der Waals surface area contributed by atoms with E-state index in [1.54, 1.807) is 0 Å². The standard InChI is InChI=1S/C17H27N3O/c1-3-11-20(13-15-7-9-18-10-8-15)17(21)19-16-6-4-5-14(2)12-16/h4-6,12,15,18H,3,7-11,13H2,1-2H3,(H,19,21). The predicted octanol–water partition coefficient (Wildman–Crippen LogP) is 3.24. The third-order valence-corrected chi connectivity index (χ3v) is 3.99. The topological polar surface area (TPSA) is 44.4 Å². The fraction of sp³-hybridized carbons (Fsp3) is 0.588. The SMILES string of the molecule is CCCN(CC1CCNCC1)C(=O)Nc1cccc(C)c1. The van der Waals surface area contributed by atoms with Gasteiger partial charge >= 0.3 is 6.03 Å². The summed E-state index contributed by atoms with van der Waals surface area (Å²) in [6.07, 6.45) is 3.32. The number of nitrogens with one attached hydrogen (secondary N) is 2. The second-order valence-corrected chi connectivity index (χ2v) is 5.94. The number of hydrogen-bond donors (Lipinski definition) is 2. The second kappa shape index (κ2) is 8.03. The number of nitrogens with zero attached hydrogens (tertiary/aromatic N) is 1.